The Morgan fingerprint density at radius 1 is 1.03 bits per heavy atom. The van der Waals surface area contributed by atoms with Crippen molar-refractivity contribution in [2.75, 3.05) is 34.5 Å². The van der Waals surface area contributed by atoms with E-state index in [4.69, 9.17) is 18.9 Å². The number of hydrogen-bond acceptors (Lipinski definition) is 6. The van der Waals surface area contributed by atoms with Gasteiger partial charge in [-0.1, -0.05) is 17.4 Å². The van der Waals surface area contributed by atoms with E-state index < -0.39 is 0 Å². The number of benzene rings is 2. The van der Waals surface area contributed by atoms with E-state index in [9.17, 15) is 4.79 Å². The number of aryl methyl sites for hydroxylation is 2. The molecule has 0 aliphatic heterocycles. The number of thiazole rings is 1. The van der Waals surface area contributed by atoms with Crippen LogP contribution in [0.4, 0.5) is 0 Å². The fraction of sp³-hybridized carbons (Fsp3) is 0.391. The fourth-order valence-electron chi connectivity index (χ4n) is 3.47. The molecule has 0 aliphatic carbocycles. The van der Waals surface area contributed by atoms with E-state index in [2.05, 4.69) is 31.0 Å². The topological polar surface area (TPSA) is 71.3 Å². The maximum Gasteiger partial charge on any atom is 0.279 e. The molecule has 0 aliphatic rings. The zero-order valence-corrected chi connectivity index (χ0v) is 19.6. The Labute approximate surface area is 185 Å². The molecule has 8 heteroatoms. The minimum absolute atomic E-state index is 0.358. The Morgan fingerprint density at radius 3 is 2.29 bits per heavy atom. The summed E-state index contributed by atoms with van der Waals surface area (Å²) in [7, 11) is 4.55. The van der Waals surface area contributed by atoms with Crippen molar-refractivity contribution in [3.63, 3.8) is 0 Å². The zero-order valence-electron chi connectivity index (χ0n) is 18.8. The molecular formula is C23H28N2O5S. The number of rotatable bonds is 8. The largest absolute Gasteiger partial charge is 0.493 e. The first-order chi connectivity index (χ1) is 14.9. The number of fused-ring (bicyclic) bond motifs is 1. The Balaban J connectivity index is 2.14. The molecule has 0 spiro atoms. The van der Waals surface area contributed by atoms with Crippen molar-refractivity contribution in [1.29, 1.82) is 0 Å². The monoisotopic (exact) mass is 444 g/mol. The Hall–Kier alpha value is -2.84. The molecule has 166 valence electrons. The van der Waals surface area contributed by atoms with Crippen LogP contribution in [-0.4, -0.2) is 45.0 Å². The number of ether oxygens (including phenoxy) is 4. The molecule has 3 rings (SSSR count). The summed E-state index contributed by atoms with van der Waals surface area (Å²) < 4.78 is 24.8. The smallest absolute Gasteiger partial charge is 0.279 e. The zero-order chi connectivity index (χ0) is 22.5. The molecule has 1 amide bonds. The highest BCUT2D eigenvalue weighted by Gasteiger charge is 2.18. The summed E-state index contributed by atoms with van der Waals surface area (Å²) in [6, 6.07) is 7.48. The minimum Gasteiger partial charge on any atom is -0.493 e. The highest BCUT2D eigenvalue weighted by atomic mass is 32.1. The van der Waals surface area contributed by atoms with Crippen LogP contribution in [0.25, 0.3) is 10.2 Å². The Kier molecular flexibility index (Phi) is 7.35. The van der Waals surface area contributed by atoms with E-state index in [0.29, 0.717) is 47.4 Å². The third kappa shape index (κ3) is 4.75. The quantitative estimate of drug-likeness (QED) is 0.489. The van der Waals surface area contributed by atoms with E-state index in [-0.39, 0.29) is 5.91 Å². The summed E-state index contributed by atoms with van der Waals surface area (Å²) in [5.74, 6) is 0.867. The summed E-state index contributed by atoms with van der Waals surface area (Å²) >= 11 is 1.50. The summed E-state index contributed by atoms with van der Waals surface area (Å²) in [5, 5.41) is 0. The summed E-state index contributed by atoms with van der Waals surface area (Å²) in [5.41, 5.74) is 3.73. The molecule has 0 fully saturated rings. The van der Waals surface area contributed by atoms with Gasteiger partial charge in [0.15, 0.2) is 16.3 Å². The second-order valence-corrected chi connectivity index (χ2v) is 7.97. The van der Waals surface area contributed by atoms with Crippen LogP contribution in [0.3, 0.4) is 0 Å². The predicted octanol–water partition coefficient (Wildman–Crippen LogP) is 4.12. The average molecular weight is 445 g/mol. The van der Waals surface area contributed by atoms with Crippen molar-refractivity contribution in [1.82, 2.24) is 4.57 Å². The first kappa shape index (κ1) is 22.8. The molecule has 1 aromatic heterocycles. The van der Waals surface area contributed by atoms with Gasteiger partial charge in [-0.3, -0.25) is 4.79 Å². The van der Waals surface area contributed by atoms with Gasteiger partial charge in [0.1, 0.15) is 0 Å². The summed E-state index contributed by atoms with van der Waals surface area (Å²) in [6.07, 6.45) is 0. The molecule has 3 aromatic rings. The van der Waals surface area contributed by atoms with Crippen LogP contribution in [0, 0.1) is 13.8 Å². The lowest BCUT2D eigenvalue weighted by Gasteiger charge is -2.12. The summed E-state index contributed by atoms with van der Waals surface area (Å²) in [6.45, 7) is 7.89. The van der Waals surface area contributed by atoms with Gasteiger partial charge in [-0.2, -0.15) is 4.99 Å². The van der Waals surface area contributed by atoms with Crippen LogP contribution in [0.2, 0.25) is 0 Å². The molecule has 0 bridgehead atoms. The van der Waals surface area contributed by atoms with Crippen LogP contribution in [0.15, 0.2) is 29.3 Å². The summed E-state index contributed by atoms with van der Waals surface area (Å²) in [4.78, 5) is 18.2. The molecule has 0 atom stereocenters. The minimum atomic E-state index is -0.384. The highest BCUT2D eigenvalue weighted by molar-refractivity contribution is 7.16. The van der Waals surface area contributed by atoms with Gasteiger partial charge in [-0.25, -0.2) is 0 Å². The predicted molar refractivity (Wildman–Crippen MR) is 122 cm³/mol. The number of carbonyl (C=O) groups is 1. The van der Waals surface area contributed by atoms with Crippen molar-refractivity contribution in [2.45, 2.75) is 27.3 Å². The van der Waals surface area contributed by atoms with Crippen molar-refractivity contribution in [3.05, 3.63) is 45.8 Å². The molecular weight excluding hydrogens is 416 g/mol. The lowest BCUT2D eigenvalue weighted by Crippen LogP contribution is -2.20. The molecule has 0 unspecified atom stereocenters. The Morgan fingerprint density at radius 2 is 1.71 bits per heavy atom. The van der Waals surface area contributed by atoms with Crippen LogP contribution in [0.5, 0.6) is 17.2 Å². The number of nitrogens with zero attached hydrogens (tertiary/aromatic N) is 2. The van der Waals surface area contributed by atoms with Crippen molar-refractivity contribution < 1.29 is 23.7 Å². The van der Waals surface area contributed by atoms with Crippen molar-refractivity contribution in [2.24, 2.45) is 4.99 Å². The number of carbonyl (C=O) groups excluding carboxylic acids is 1. The highest BCUT2D eigenvalue weighted by Crippen LogP contribution is 2.38. The van der Waals surface area contributed by atoms with Crippen molar-refractivity contribution in [3.8, 4) is 17.2 Å². The molecule has 0 N–H and O–H groups in total. The number of methoxy groups -OCH3 is 3. The third-order valence-electron chi connectivity index (χ3n) is 4.89. The van der Waals surface area contributed by atoms with Gasteiger partial charge in [0.05, 0.1) is 38.2 Å². The molecule has 31 heavy (non-hydrogen) atoms. The van der Waals surface area contributed by atoms with Gasteiger partial charge in [-0.15, -0.1) is 0 Å². The molecule has 1 heterocycles. The Bertz CT molecular complexity index is 1140. The van der Waals surface area contributed by atoms with Gasteiger partial charge >= 0.3 is 0 Å². The number of amides is 1. The lowest BCUT2D eigenvalue weighted by molar-refractivity contribution is 0.0996. The maximum atomic E-state index is 13.1. The average Bonchev–Trinajstić information content (AvgIpc) is 3.10. The van der Waals surface area contributed by atoms with Gasteiger partial charge in [0, 0.05) is 18.7 Å². The fourth-order valence-corrected chi connectivity index (χ4v) is 4.57. The van der Waals surface area contributed by atoms with Gasteiger partial charge in [0.2, 0.25) is 5.75 Å². The first-order valence-corrected chi connectivity index (χ1v) is 10.8. The molecule has 2 aromatic carbocycles. The van der Waals surface area contributed by atoms with Crippen molar-refractivity contribution >= 4 is 27.5 Å². The van der Waals surface area contributed by atoms with Gasteiger partial charge in [-0.05, 0) is 50.1 Å². The molecule has 0 saturated heterocycles. The van der Waals surface area contributed by atoms with Crippen LogP contribution in [0.1, 0.15) is 28.4 Å². The normalized spacial score (nSPS) is 11.7. The second-order valence-electron chi connectivity index (χ2n) is 6.99. The SMILES string of the molecule is CCOCCn1c(=NC(=O)c2cc(OC)c(OC)c(OC)c2)sc2c(C)cc(C)cc21. The van der Waals surface area contributed by atoms with E-state index in [1.165, 1.54) is 32.7 Å². The van der Waals surface area contributed by atoms with E-state index >= 15 is 0 Å². The second kappa shape index (κ2) is 9.98. The molecule has 7 nitrogen and oxygen atoms in total. The van der Waals surface area contributed by atoms with E-state index in [1.807, 2.05) is 11.5 Å². The molecule has 0 saturated carbocycles. The van der Waals surface area contributed by atoms with Crippen LogP contribution >= 0.6 is 11.3 Å². The van der Waals surface area contributed by atoms with E-state index in [0.717, 1.165) is 21.3 Å². The number of aromatic nitrogens is 1. The first-order valence-electron chi connectivity index (χ1n) is 10.0. The van der Waals surface area contributed by atoms with Gasteiger partial charge in [0.25, 0.3) is 5.91 Å². The lowest BCUT2D eigenvalue weighted by atomic mass is 10.1. The van der Waals surface area contributed by atoms with Crippen LogP contribution < -0.4 is 19.0 Å². The van der Waals surface area contributed by atoms with Crippen LogP contribution in [-0.2, 0) is 11.3 Å². The van der Waals surface area contributed by atoms with E-state index in [1.54, 1.807) is 12.1 Å². The van der Waals surface area contributed by atoms with Gasteiger partial charge < -0.3 is 23.5 Å². The standard InChI is InChI=1S/C23H28N2O5S/c1-7-30-9-8-25-17-11-14(2)10-15(3)21(17)31-23(25)24-22(26)16-12-18(27-4)20(29-6)19(13-16)28-5/h10-13H,7-9H2,1-6H3. The molecule has 0 radical (unpaired) electrons. The maximum absolute atomic E-state index is 13.1. The number of hydrogen-bond donors (Lipinski definition) is 0. The third-order valence-corrected chi connectivity index (χ3v) is 6.12.